The zero-order valence-corrected chi connectivity index (χ0v) is 10.4. The first-order valence-electron chi connectivity index (χ1n) is 6.24. The highest BCUT2D eigenvalue weighted by Crippen LogP contribution is 2.14. The molecule has 0 saturated carbocycles. The maximum Gasteiger partial charge on any atom is 0.251 e. The summed E-state index contributed by atoms with van der Waals surface area (Å²) in [5.74, 6) is -0.151. The van der Waals surface area contributed by atoms with Crippen LogP contribution in [-0.4, -0.2) is 28.6 Å². The summed E-state index contributed by atoms with van der Waals surface area (Å²) in [4.78, 5) is 15.0. The van der Waals surface area contributed by atoms with Gasteiger partial charge in [0.05, 0.1) is 6.10 Å². The van der Waals surface area contributed by atoms with Gasteiger partial charge in [0, 0.05) is 23.8 Å². The number of hydrogen-bond acceptors (Lipinski definition) is 2. The molecule has 0 spiro atoms. The van der Waals surface area contributed by atoms with Gasteiger partial charge in [0.1, 0.15) is 0 Å². The third-order valence-electron chi connectivity index (χ3n) is 2.94. The summed E-state index contributed by atoms with van der Waals surface area (Å²) in [6.45, 7) is 2.31. The Hall–Kier alpha value is -1.81. The standard InChI is InChI=1S/C14H18N2O2/c1-2-3-12(17)9-16-14(18)11-5-4-10-6-7-15-13(10)8-11/h4-8,12,15,17H,2-3,9H2,1H3,(H,16,18). The van der Waals surface area contributed by atoms with Gasteiger partial charge in [-0.3, -0.25) is 4.79 Å². The number of aromatic nitrogens is 1. The number of aromatic amines is 1. The van der Waals surface area contributed by atoms with E-state index in [0.717, 1.165) is 17.3 Å². The largest absolute Gasteiger partial charge is 0.391 e. The lowest BCUT2D eigenvalue weighted by atomic mass is 10.1. The molecule has 18 heavy (non-hydrogen) atoms. The molecule has 1 aromatic carbocycles. The molecule has 1 amide bonds. The molecule has 2 rings (SSSR count). The van der Waals surface area contributed by atoms with Crippen LogP contribution in [0.25, 0.3) is 10.9 Å². The van der Waals surface area contributed by atoms with Crippen LogP contribution >= 0.6 is 0 Å². The van der Waals surface area contributed by atoms with Gasteiger partial charge in [0.2, 0.25) is 0 Å². The van der Waals surface area contributed by atoms with Gasteiger partial charge in [-0.25, -0.2) is 0 Å². The number of carbonyl (C=O) groups excluding carboxylic acids is 1. The van der Waals surface area contributed by atoms with E-state index in [4.69, 9.17) is 0 Å². The van der Waals surface area contributed by atoms with E-state index < -0.39 is 6.10 Å². The van der Waals surface area contributed by atoms with Gasteiger partial charge in [-0.15, -0.1) is 0 Å². The van der Waals surface area contributed by atoms with Crippen LogP contribution in [0, 0.1) is 0 Å². The number of aliphatic hydroxyl groups excluding tert-OH is 1. The molecule has 4 heteroatoms. The van der Waals surface area contributed by atoms with Crippen molar-refractivity contribution >= 4 is 16.8 Å². The highest BCUT2D eigenvalue weighted by molar-refractivity contribution is 5.97. The maximum atomic E-state index is 11.9. The number of benzene rings is 1. The molecular weight excluding hydrogens is 228 g/mol. The van der Waals surface area contributed by atoms with Crippen LogP contribution in [0.3, 0.4) is 0 Å². The predicted octanol–water partition coefficient (Wildman–Crippen LogP) is 2.06. The Morgan fingerprint density at radius 2 is 2.28 bits per heavy atom. The Kier molecular flexibility index (Phi) is 3.99. The molecule has 0 fully saturated rings. The summed E-state index contributed by atoms with van der Waals surface area (Å²) in [6, 6.07) is 7.47. The molecule has 1 unspecified atom stereocenters. The summed E-state index contributed by atoms with van der Waals surface area (Å²) in [7, 11) is 0. The second-order valence-electron chi connectivity index (χ2n) is 4.43. The van der Waals surface area contributed by atoms with Crippen LogP contribution in [0.5, 0.6) is 0 Å². The monoisotopic (exact) mass is 246 g/mol. The first kappa shape index (κ1) is 12.6. The van der Waals surface area contributed by atoms with E-state index in [0.29, 0.717) is 18.5 Å². The molecule has 0 bridgehead atoms. The van der Waals surface area contributed by atoms with E-state index in [1.165, 1.54) is 0 Å². The zero-order chi connectivity index (χ0) is 13.0. The highest BCUT2D eigenvalue weighted by Gasteiger charge is 2.09. The minimum Gasteiger partial charge on any atom is -0.391 e. The highest BCUT2D eigenvalue weighted by atomic mass is 16.3. The number of H-pyrrole nitrogens is 1. The average Bonchev–Trinajstić information content (AvgIpc) is 2.83. The summed E-state index contributed by atoms with van der Waals surface area (Å²) < 4.78 is 0. The maximum absolute atomic E-state index is 11.9. The Morgan fingerprint density at radius 3 is 3.06 bits per heavy atom. The molecule has 0 aliphatic rings. The van der Waals surface area contributed by atoms with Gasteiger partial charge < -0.3 is 15.4 Å². The molecule has 4 nitrogen and oxygen atoms in total. The number of carbonyl (C=O) groups is 1. The molecule has 3 N–H and O–H groups in total. The van der Waals surface area contributed by atoms with E-state index in [9.17, 15) is 9.90 Å². The van der Waals surface area contributed by atoms with Crippen molar-refractivity contribution in [1.29, 1.82) is 0 Å². The number of aliphatic hydroxyl groups is 1. The third-order valence-corrected chi connectivity index (χ3v) is 2.94. The second-order valence-corrected chi connectivity index (χ2v) is 4.43. The van der Waals surface area contributed by atoms with Crippen molar-refractivity contribution in [3.8, 4) is 0 Å². The topological polar surface area (TPSA) is 65.1 Å². The Bertz CT molecular complexity index is 533. The second kappa shape index (κ2) is 5.69. The van der Waals surface area contributed by atoms with Gasteiger partial charge in [-0.1, -0.05) is 19.4 Å². The minimum atomic E-state index is -0.465. The molecule has 0 radical (unpaired) electrons. The van der Waals surface area contributed by atoms with Gasteiger partial charge >= 0.3 is 0 Å². The Morgan fingerprint density at radius 1 is 1.44 bits per heavy atom. The first-order chi connectivity index (χ1) is 8.70. The molecule has 1 aromatic heterocycles. The van der Waals surface area contributed by atoms with Crippen molar-refractivity contribution < 1.29 is 9.90 Å². The van der Waals surface area contributed by atoms with Crippen molar-refractivity contribution in [1.82, 2.24) is 10.3 Å². The smallest absolute Gasteiger partial charge is 0.251 e. The van der Waals surface area contributed by atoms with Crippen LogP contribution in [0.2, 0.25) is 0 Å². The normalized spacial score (nSPS) is 12.6. The van der Waals surface area contributed by atoms with E-state index in [-0.39, 0.29) is 5.91 Å². The molecule has 2 aromatic rings. The number of nitrogens with one attached hydrogen (secondary N) is 2. The van der Waals surface area contributed by atoms with Crippen molar-refractivity contribution in [3.63, 3.8) is 0 Å². The van der Waals surface area contributed by atoms with Crippen molar-refractivity contribution in [2.24, 2.45) is 0 Å². The molecule has 0 aliphatic carbocycles. The SMILES string of the molecule is CCCC(O)CNC(=O)c1ccc2cc[nH]c2c1. The molecule has 1 atom stereocenters. The molecule has 0 saturated heterocycles. The summed E-state index contributed by atoms with van der Waals surface area (Å²) in [5.41, 5.74) is 1.55. The first-order valence-corrected chi connectivity index (χ1v) is 6.24. The van der Waals surface area contributed by atoms with E-state index in [1.807, 2.05) is 31.3 Å². The van der Waals surface area contributed by atoms with Crippen LogP contribution in [0.4, 0.5) is 0 Å². The molecule has 96 valence electrons. The molecule has 1 heterocycles. The number of fused-ring (bicyclic) bond motifs is 1. The van der Waals surface area contributed by atoms with Crippen molar-refractivity contribution in [2.75, 3.05) is 6.54 Å². The van der Waals surface area contributed by atoms with Gasteiger partial charge in [0.25, 0.3) is 5.91 Å². The Balaban J connectivity index is 1.99. The number of hydrogen-bond donors (Lipinski definition) is 3. The lowest BCUT2D eigenvalue weighted by Gasteiger charge is -2.10. The van der Waals surface area contributed by atoms with Gasteiger partial charge in [-0.2, -0.15) is 0 Å². The quantitative estimate of drug-likeness (QED) is 0.756. The van der Waals surface area contributed by atoms with Crippen LogP contribution in [-0.2, 0) is 0 Å². The van der Waals surface area contributed by atoms with Gasteiger partial charge in [0.15, 0.2) is 0 Å². The van der Waals surface area contributed by atoms with E-state index >= 15 is 0 Å². The van der Waals surface area contributed by atoms with Crippen LogP contribution in [0.1, 0.15) is 30.1 Å². The number of rotatable bonds is 5. The zero-order valence-electron chi connectivity index (χ0n) is 10.4. The lowest BCUT2D eigenvalue weighted by Crippen LogP contribution is -2.31. The van der Waals surface area contributed by atoms with Gasteiger partial charge in [-0.05, 0) is 30.0 Å². The third kappa shape index (κ3) is 2.90. The van der Waals surface area contributed by atoms with E-state index in [1.54, 1.807) is 6.07 Å². The fraction of sp³-hybridized carbons (Fsp3) is 0.357. The fourth-order valence-electron chi connectivity index (χ4n) is 1.94. The summed E-state index contributed by atoms with van der Waals surface area (Å²) in [6.07, 6.45) is 2.99. The summed E-state index contributed by atoms with van der Waals surface area (Å²) in [5, 5.41) is 13.4. The molecular formula is C14H18N2O2. The summed E-state index contributed by atoms with van der Waals surface area (Å²) >= 11 is 0. The average molecular weight is 246 g/mol. The van der Waals surface area contributed by atoms with Crippen LogP contribution < -0.4 is 5.32 Å². The Labute approximate surface area is 106 Å². The van der Waals surface area contributed by atoms with E-state index in [2.05, 4.69) is 10.3 Å². The van der Waals surface area contributed by atoms with Crippen LogP contribution in [0.15, 0.2) is 30.5 Å². The fourth-order valence-corrected chi connectivity index (χ4v) is 1.94. The van der Waals surface area contributed by atoms with Crippen molar-refractivity contribution in [3.05, 3.63) is 36.0 Å². The predicted molar refractivity (Wildman–Crippen MR) is 71.5 cm³/mol. The number of amides is 1. The minimum absolute atomic E-state index is 0.151. The lowest BCUT2D eigenvalue weighted by molar-refractivity contribution is 0.0910. The van der Waals surface area contributed by atoms with Crippen molar-refractivity contribution in [2.45, 2.75) is 25.9 Å². The molecule has 0 aliphatic heterocycles.